The van der Waals surface area contributed by atoms with Gasteiger partial charge in [-0.05, 0) is 30.7 Å². The normalized spacial score (nSPS) is 12.1. The molecule has 94 valence electrons. The SMILES string of the molecule is CCCOCC(O)COc1ccc(C=O)cc1. The molecule has 0 saturated carbocycles. The minimum atomic E-state index is -0.632. The number of rotatable bonds is 8. The van der Waals surface area contributed by atoms with E-state index in [4.69, 9.17) is 9.47 Å². The van der Waals surface area contributed by atoms with Crippen LogP contribution in [0.2, 0.25) is 0 Å². The van der Waals surface area contributed by atoms with Gasteiger partial charge in [0.05, 0.1) is 6.61 Å². The Morgan fingerprint density at radius 1 is 1.29 bits per heavy atom. The van der Waals surface area contributed by atoms with Crippen LogP contribution in [0.15, 0.2) is 24.3 Å². The third-order valence-electron chi connectivity index (χ3n) is 2.12. The predicted molar refractivity (Wildman–Crippen MR) is 64.4 cm³/mol. The maximum Gasteiger partial charge on any atom is 0.150 e. The summed E-state index contributed by atoms with van der Waals surface area (Å²) in [6, 6.07) is 6.73. The number of hydrogen-bond donors (Lipinski definition) is 1. The maximum atomic E-state index is 10.4. The number of benzene rings is 1. The summed E-state index contributed by atoms with van der Waals surface area (Å²) in [4.78, 5) is 10.4. The van der Waals surface area contributed by atoms with Crippen LogP contribution in [0.4, 0.5) is 0 Å². The van der Waals surface area contributed by atoms with Crippen molar-refractivity contribution in [2.45, 2.75) is 19.4 Å². The number of aliphatic hydroxyl groups is 1. The molecule has 1 aromatic carbocycles. The number of carbonyl (C=O) groups is 1. The van der Waals surface area contributed by atoms with E-state index in [0.717, 1.165) is 12.7 Å². The molecule has 0 aliphatic rings. The van der Waals surface area contributed by atoms with Gasteiger partial charge in [-0.3, -0.25) is 4.79 Å². The fourth-order valence-corrected chi connectivity index (χ4v) is 1.25. The first-order valence-corrected chi connectivity index (χ1v) is 5.70. The van der Waals surface area contributed by atoms with Gasteiger partial charge >= 0.3 is 0 Å². The first-order chi connectivity index (χ1) is 8.26. The Morgan fingerprint density at radius 2 is 2.00 bits per heavy atom. The summed E-state index contributed by atoms with van der Waals surface area (Å²) in [6.07, 6.45) is 1.07. The highest BCUT2D eigenvalue weighted by molar-refractivity contribution is 5.74. The molecule has 4 heteroatoms. The van der Waals surface area contributed by atoms with Crippen LogP contribution in [0.3, 0.4) is 0 Å². The van der Waals surface area contributed by atoms with E-state index in [9.17, 15) is 9.90 Å². The lowest BCUT2D eigenvalue weighted by atomic mass is 10.2. The molecule has 1 N–H and O–H groups in total. The van der Waals surface area contributed by atoms with Gasteiger partial charge in [-0.2, -0.15) is 0 Å². The van der Waals surface area contributed by atoms with Crippen LogP contribution in [0.5, 0.6) is 5.75 Å². The molecule has 0 spiro atoms. The Kier molecular flexibility index (Phi) is 6.29. The summed E-state index contributed by atoms with van der Waals surface area (Å²) >= 11 is 0. The fourth-order valence-electron chi connectivity index (χ4n) is 1.25. The molecule has 0 radical (unpaired) electrons. The molecule has 0 aliphatic heterocycles. The van der Waals surface area contributed by atoms with Crippen molar-refractivity contribution in [3.8, 4) is 5.75 Å². The van der Waals surface area contributed by atoms with Crippen molar-refractivity contribution < 1.29 is 19.4 Å². The van der Waals surface area contributed by atoms with Gasteiger partial charge in [-0.25, -0.2) is 0 Å². The second kappa shape index (κ2) is 7.81. The topological polar surface area (TPSA) is 55.8 Å². The summed E-state index contributed by atoms with van der Waals surface area (Å²) in [5.41, 5.74) is 0.601. The lowest BCUT2D eigenvalue weighted by Gasteiger charge is -2.12. The van der Waals surface area contributed by atoms with Gasteiger partial charge in [0.25, 0.3) is 0 Å². The highest BCUT2D eigenvalue weighted by atomic mass is 16.5. The first-order valence-electron chi connectivity index (χ1n) is 5.70. The van der Waals surface area contributed by atoms with Crippen molar-refractivity contribution in [3.63, 3.8) is 0 Å². The summed E-state index contributed by atoms with van der Waals surface area (Å²) in [5.74, 6) is 0.630. The largest absolute Gasteiger partial charge is 0.491 e. The maximum absolute atomic E-state index is 10.4. The number of aliphatic hydroxyl groups excluding tert-OH is 1. The minimum absolute atomic E-state index is 0.185. The van der Waals surface area contributed by atoms with E-state index in [1.165, 1.54) is 0 Å². The fraction of sp³-hybridized carbons (Fsp3) is 0.462. The summed E-state index contributed by atoms with van der Waals surface area (Å²) < 4.78 is 10.5. The standard InChI is InChI=1S/C13H18O4/c1-2-7-16-9-12(15)10-17-13-5-3-11(8-14)4-6-13/h3-6,8,12,15H,2,7,9-10H2,1H3. The van der Waals surface area contributed by atoms with Crippen LogP contribution >= 0.6 is 0 Å². The van der Waals surface area contributed by atoms with Gasteiger partial charge in [0.15, 0.2) is 0 Å². The Bertz CT molecular complexity index is 321. The van der Waals surface area contributed by atoms with Crippen molar-refractivity contribution >= 4 is 6.29 Å². The summed E-state index contributed by atoms with van der Waals surface area (Å²) in [7, 11) is 0. The van der Waals surface area contributed by atoms with Crippen LogP contribution in [-0.4, -0.2) is 37.3 Å². The first kappa shape index (κ1) is 13.7. The van der Waals surface area contributed by atoms with E-state index in [1.807, 2.05) is 6.92 Å². The molecule has 0 fully saturated rings. The number of aldehydes is 1. The highest BCUT2D eigenvalue weighted by Gasteiger charge is 2.05. The average molecular weight is 238 g/mol. The number of hydrogen-bond acceptors (Lipinski definition) is 4. The third kappa shape index (κ3) is 5.47. The lowest BCUT2D eigenvalue weighted by Crippen LogP contribution is -2.23. The molecule has 1 rings (SSSR count). The van der Waals surface area contributed by atoms with Crippen LogP contribution in [0.25, 0.3) is 0 Å². The molecule has 1 unspecified atom stereocenters. The quantitative estimate of drug-likeness (QED) is 0.553. The van der Waals surface area contributed by atoms with Crippen LogP contribution in [0.1, 0.15) is 23.7 Å². The smallest absolute Gasteiger partial charge is 0.150 e. The van der Waals surface area contributed by atoms with Gasteiger partial charge in [-0.1, -0.05) is 6.92 Å². The zero-order valence-corrected chi connectivity index (χ0v) is 9.96. The van der Waals surface area contributed by atoms with Gasteiger partial charge < -0.3 is 14.6 Å². The van der Waals surface area contributed by atoms with E-state index in [-0.39, 0.29) is 13.2 Å². The molecule has 0 bridgehead atoms. The molecular formula is C13H18O4. The second-order valence-corrected chi connectivity index (χ2v) is 3.73. The predicted octanol–water partition coefficient (Wildman–Crippen LogP) is 1.67. The van der Waals surface area contributed by atoms with E-state index < -0.39 is 6.10 Å². The molecule has 0 saturated heterocycles. The second-order valence-electron chi connectivity index (χ2n) is 3.73. The van der Waals surface area contributed by atoms with Gasteiger partial charge in [0, 0.05) is 12.2 Å². The molecule has 0 amide bonds. The average Bonchev–Trinajstić information content (AvgIpc) is 2.37. The number of carbonyl (C=O) groups excluding carboxylic acids is 1. The minimum Gasteiger partial charge on any atom is -0.491 e. The molecule has 17 heavy (non-hydrogen) atoms. The van der Waals surface area contributed by atoms with E-state index in [2.05, 4.69) is 0 Å². The molecule has 0 aliphatic carbocycles. The van der Waals surface area contributed by atoms with Crippen molar-refractivity contribution in [1.82, 2.24) is 0 Å². The number of ether oxygens (including phenoxy) is 2. The molecule has 1 atom stereocenters. The zero-order chi connectivity index (χ0) is 12.5. The van der Waals surface area contributed by atoms with E-state index >= 15 is 0 Å². The molecule has 1 aromatic rings. The van der Waals surface area contributed by atoms with E-state index in [1.54, 1.807) is 24.3 Å². The lowest BCUT2D eigenvalue weighted by molar-refractivity contribution is 0.0123. The summed E-state index contributed by atoms with van der Waals surface area (Å²) in [6.45, 7) is 3.12. The van der Waals surface area contributed by atoms with Crippen LogP contribution in [-0.2, 0) is 4.74 Å². The zero-order valence-electron chi connectivity index (χ0n) is 9.96. The monoisotopic (exact) mass is 238 g/mol. The molecule has 0 aromatic heterocycles. The Hall–Kier alpha value is -1.39. The van der Waals surface area contributed by atoms with Crippen molar-refractivity contribution in [2.75, 3.05) is 19.8 Å². The Labute approximate surface area is 101 Å². The van der Waals surface area contributed by atoms with Crippen molar-refractivity contribution in [1.29, 1.82) is 0 Å². The van der Waals surface area contributed by atoms with Gasteiger partial charge in [0.1, 0.15) is 24.7 Å². The van der Waals surface area contributed by atoms with Gasteiger partial charge in [-0.15, -0.1) is 0 Å². The molecule has 4 nitrogen and oxygen atoms in total. The van der Waals surface area contributed by atoms with Crippen molar-refractivity contribution in [3.05, 3.63) is 29.8 Å². The Balaban J connectivity index is 2.26. The highest BCUT2D eigenvalue weighted by Crippen LogP contribution is 2.11. The Morgan fingerprint density at radius 3 is 2.59 bits per heavy atom. The third-order valence-corrected chi connectivity index (χ3v) is 2.12. The molecule has 0 heterocycles. The van der Waals surface area contributed by atoms with Crippen LogP contribution < -0.4 is 4.74 Å². The summed E-state index contributed by atoms with van der Waals surface area (Å²) in [5, 5.41) is 9.53. The van der Waals surface area contributed by atoms with Gasteiger partial charge in [0.2, 0.25) is 0 Å². The van der Waals surface area contributed by atoms with Crippen molar-refractivity contribution in [2.24, 2.45) is 0 Å². The molecular weight excluding hydrogens is 220 g/mol. The van der Waals surface area contributed by atoms with Crippen LogP contribution in [0, 0.1) is 0 Å². The van der Waals surface area contributed by atoms with E-state index in [0.29, 0.717) is 17.9 Å².